The first-order chi connectivity index (χ1) is 9.34. The zero-order valence-electron chi connectivity index (χ0n) is 11.3. The minimum Gasteiger partial charge on any atom is -0.367 e. The molecule has 3 nitrogen and oxygen atoms in total. The van der Waals surface area contributed by atoms with E-state index in [4.69, 9.17) is 16.3 Å². The van der Waals surface area contributed by atoms with E-state index in [1.54, 1.807) is 11.0 Å². The highest BCUT2D eigenvalue weighted by molar-refractivity contribution is 9.10. The molecule has 1 aromatic carbocycles. The minimum absolute atomic E-state index is 0.191. The van der Waals surface area contributed by atoms with Gasteiger partial charge in [0, 0.05) is 13.1 Å². The molecule has 2 rings (SSSR count). The normalized spacial score (nSPS) is 21.9. The molecule has 0 aliphatic carbocycles. The summed E-state index contributed by atoms with van der Waals surface area (Å²) in [7, 11) is 0. The maximum Gasteiger partial charge on any atom is 0.255 e. The quantitative estimate of drug-likeness (QED) is 0.752. The fraction of sp³-hybridized carbons (Fsp3) is 0.500. The fourth-order valence-electron chi connectivity index (χ4n) is 2.37. The van der Waals surface area contributed by atoms with Crippen molar-refractivity contribution in [2.75, 3.05) is 19.0 Å². The number of morpholine rings is 1. The number of alkyl halides is 1. The molecule has 20 heavy (non-hydrogen) atoms. The molecule has 110 valence electrons. The van der Waals surface area contributed by atoms with E-state index in [0.29, 0.717) is 24.5 Å². The third kappa shape index (κ3) is 3.32. The van der Waals surface area contributed by atoms with Crippen molar-refractivity contribution in [1.29, 1.82) is 0 Å². The van der Waals surface area contributed by atoms with Crippen molar-refractivity contribution < 1.29 is 13.9 Å². The predicted molar refractivity (Wildman–Crippen MR) is 79.7 cm³/mol. The molecule has 1 saturated heterocycles. The van der Waals surface area contributed by atoms with Gasteiger partial charge in [-0.25, -0.2) is 4.39 Å². The van der Waals surface area contributed by atoms with Crippen LogP contribution in [0.1, 0.15) is 24.2 Å². The van der Waals surface area contributed by atoms with Gasteiger partial charge in [0.25, 0.3) is 5.91 Å². The van der Waals surface area contributed by atoms with E-state index in [1.807, 2.05) is 13.8 Å². The first-order valence-corrected chi connectivity index (χ1v) is 7.64. The summed E-state index contributed by atoms with van der Waals surface area (Å²) in [5, 5.41) is 0. The zero-order chi connectivity index (χ0) is 14.9. The average Bonchev–Trinajstić information content (AvgIpc) is 2.39. The number of halogens is 3. The lowest BCUT2D eigenvalue weighted by atomic mass is 10.0. The van der Waals surface area contributed by atoms with Crippen LogP contribution in [-0.4, -0.2) is 41.5 Å². The monoisotopic (exact) mass is 363 g/mol. The topological polar surface area (TPSA) is 29.5 Å². The van der Waals surface area contributed by atoms with Crippen LogP contribution >= 0.6 is 27.5 Å². The van der Waals surface area contributed by atoms with Crippen molar-refractivity contribution in [2.24, 2.45) is 0 Å². The maximum atomic E-state index is 13.5. The van der Waals surface area contributed by atoms with E-state index >= 15 is 0 Å². The van der Waals surface area contributed by atoms with Crippen LogP contribution in [0.15, 0.2) is 22.7 Å². The summed E-state index contributed by atoms with van der Waals surface area (Å²) >= 11 is 8.98. The molecule has 6 heteroatoms. The Balaban J connectivity index is 2.26. The Morgan fingerprint density at radius 3 is 2.95 bits per heavy atom. The summed E-state index contributed by atoms with van der Waals surface area (Å²) in [5.41, 5.74) is -0.149. The highest BCUT2D eigenvalue weighted by Gasteiger charge is 2.36. The predicted octanol–water partition coefficient (Wildman–Crippen LogP) is 3.45. The second-order valence-corrected chi connectivity index (χ2v) is 6.54. The van der Waals surface area contributed by atoms with Crippen molar-refractivity contribution in [1.82, 2.24) is 4.90 Å². The van der Waals surface area contributed by atoms with Crippen molar-refractivity contribution in [3.05, 3.63) is 34.1 Å². The number of hydrogen-bond donors (Lipinski definition) is 0. The van der Waals surface area contributed by atoms with Gasteiger partial charge in [0.1, 0.15) is 5.82 Å². The SMILES string of the molecule is CC1(C)CN(C(=O)c2cccc(F)c2Br)CC(CCl)O1. The Morgan fingerprint density at radius 1 is 1.60 bits per heavy atom. The molecule has 1 aliphatic rings. The van der Waals surface area contributed by atoms with E-state index < -0.39 is 11.4 Å². The first kappa shape index (κ1) is 15.7. The summed E-state index contributed by atoms with van der Waals surface area (Å²) in [5.74, 6) is -0.350. The van der Waals surface area contributed by atoms with Gasteiger partial charge in [0.2, 0.25) is 0 Å². The molecule has 1 aliphatic heterocycles. The number of amides is 1. The molecule has 0 aromatic heterocycles. The van der Waals surface area contributed by atoms with E-state index in [-0.39, 0.29) is 16.5 Å². The summed E-state index contributed by atoms with van der Waals surface area (Å²) in [6, 6.07) is 4.44. The summed E-state index contributed by atoms with van der Waals surface area (Å²) < 4.78 is 19.5. The second kappa shape index (κ2) is 6.00. The van der Waals surface area contributed by atoms with Crippen molar-refractivity contribution in [3.63, 3.8) is 0 Å². The van der Waals surface area contributed by atoms with E-state index in [2.05, 4.69) is 15.9 Å². The molecule has 0 saturated carbocycles. The van der Waals surface area contributed by atoms with Crippen LogP contribution in [0, 0.1) is 5.82 Å². The van der Waals surface area contributed by atoms with E-state index in [0.717, 1.165) is 0 Å². The van der Waals surface area contributed by atoms with Gasteiger partial charge in [-0.05, 0) is 41.9 Å². The highest BCUT2D eigenvalue weighted by Crippen LogP contribution is 2.26. The molecule has 1 aromatic rings. The standard InChI is InChI=1S/C14H16BrClFNO2/c1-14(2)8-18(7-9(6-16)20-14)13(19)10-4-3-5-11(17)12(10)15/h3-5,9H,6-8H2,1-2H3. The van der Waals surface area contributed by atoms with Gasteiger partial charge in [-0.2, -0.15) is 0 Å². The smallest absolute Gasteiger partial charge is 0.255 e. The summed E-state index contributed by atoms with van der Waals surface area (Å²) in [6.45, 7) is 4.68. The number of nitrogens with zero attached hydrogens (tertiary/aromatic N) is 1. The lowest BCUT2D eigenvalue weighted by Gasteiger charge is -2.42. The van der Waals surface area contributed by atoms with Gasteiger partial charge >= 0.3 is 0 Å². The van der Waals surface area contributed by atoms with Crippen LogP contribution in [0.4, 0.5) is 4.39 Å². The zero-order valence-corrected chi connectivity index (χ0v) is 13.7. The van der Waals surface area contributed by atoms with Crippen LogP contribution in [0.25, 0.3) is 0 Å². The molecule has 1 fully saturated rings. The lowest BCUT2D eigenvalue weighted by molar-refractivity contribution is -0.117. The van der Waals surface area contributed by atoms with E-state index in [9.17, 15) is 9.18 Å². The molecule has 0 radical (unpaired) electrons. The van der Waals surface area contributed by atoms with Gasteiger partial charge in [0.15, 0.2) is 0 Å². The largest absolute Gasteiger partial charge is 0.367 e. The summed E-state index contributed by atoms with van der Waals surface area (Å²) in [6.07, 6.45) is -0.211. The van der Waals surface area contributed by atoms with Crippen LogP contribution in [0.3, 0.4) is 0 Å². The molecule has 1 unspecified atom stereocenters. The molecule has 1 heterocycles. The lowest BCUT2D eigenvalue weighted by Crippen LogP contribution is -2.55. The molecule has 0 spiro atoms. The number of benzene rings is 1. The van der Waals surface area contributed by atoms with Crippen molar-refractivity contribution in [2.45, 2.75) is 25.6 Å². The Kier molecular flexibility index (Phi) is 4.72. The number of carbonyl (C=O) groups excluding carboxylic acids is 1. The first-order valence-electron chi connectivity index (χ1n) is 6.31. The minimum atomic E-state index is -0.465. The second-order valence-electron chi connectivity index (χ2n) is 5.44. The Labute approximate surface area is 131 Å². The molecule has 1 amide bonds. The molecular formula is C14H16BrClFNO2. The third-order valence-electron chi connectivity index (χ3n) is 3.12. The van der Waals surface area contributed by atoms with Crippen LogP contribution in [0.2, 0.25) is 0 Å². The average molecular weight is 365 g/mol. The Bertz CT molecular complexity index is 524. The number of carbonyl (C=O) groups is 1. The van der Waals surface area contributed by atoms with Gasteiger partial charge in [-0.15, -0.1) is 11.6 Å². The molecule has 1 atom stereocenters. The maximum absolute atomic E-state index is 13.5. The number of hydrogen-bond acceptors (Lipinski definition) is 2. The Morgan fingerprint density at radius 2 is 2.30 bits per heavy atom. The van der Waals surface area contributed by atoms with Crippen LogP contribution < -0.4 is 0 Å². The molecular weight excluding hydrogens is 349 g/mol. The third-order valence-corrected chi connectivity index (χ3v) is 4.27. The number of rotatable bonds is 2. The fourth-order valence-corrected chi connectivity index (χ4v) is 2.96. The molecule has 0 N–H and O–H groups in total. The van der Waals surface area contributed by atoms with Gasteiger partial charge in [0.05, 0.1) is 27.6 Å². The number of ether oxygens (including phenoxy) is 1. The van der Waals surface area contributed by atoms with Crippen molar-refractivity contribution in [3.8, 4) is 0 Å². The summed E-state index contributed by atoms with van der Waals surface area (Å²) in [4.78, 5) is 14.2. The van der Waals surface area contributed by atoms with Crippen LogP contribution in [0.5, 0.6) is 0 Å². The highest BCUT2D eigenvalue weighted by atomic mass is 79.9. The van der Waals surface area contributed by atoms with Gasteiger partial charge in [-0.1, -0.05) is 6.07 Å². The van der Waals surface area contributed by atoms with Crippen molar-refractivity contribution >= 4 is 33.4 Å². The van der Waals surface area contributed by atoms with E-state index in [1.165, 1.54) is 12.1 Å². The Hall–Kier alpha value is -0.650. The van der Waals surface area contributed by atoms with Gasteiger partial charge in [-0.3, -0.25) is 4.79 Å². The van der Waals surface area contributed by atoms with Crippen LogP contribution in [-0.2, 0) is 4.74 Å². The van der Waals surface area contributed by atoms with Gasteiger partial charge < -0.3 is 9.64 Å². The molecule has 0 bridgehead atoms.